The average molecular weight is 365 g/mol. The van der Waals surface area contributed by atoms with Gasteiger partial charge >= 0.3 is 6.18 Å². The summed E-state index contributed by atoms with van der Waals surface area (Å²) in [7, 11) is 1.50. The van der Waals surface area contributed by atoms with Gasteiger partial charge in [0.25, 0.3) is 0 Å². The lowest BCUT2D eigenvalue weighted by molar-refractivity contribution is -0.142. The van der Waals surface area contributed by atoms with Gasteiger partial charge in [-0.2, -0.15) is 18.3 Å². The zero-order valence-corrected chi connectivity index (χ0v) is 14.0. The van der Waals surface area contributed by atoms with Crippen LogP contribution in [0.1, 0.15) is 23.2 Å². The van der Waals surface area contributed by atoms with Gasteiger partial charge in [-0.15, -0.1) is 11.8 Å². The molecule has 8 heteroatoms. The number of hydrogen-bond donors (Lipinski definition) is 1. The Hall–Kier alpha value is -1.18. The minimum absolute atomic E-state index is 0.141. The molecule has 0 amide bonds. The topological polar surface area (TPSA) is 38.0 Å². The Balaban J connectivity index is 2.25. The Kier molecular flexibility index (Phi) is 6.00. The van der Waals surface area contributed by atoms with Crippen LogP contribution >= 0.6 is 23.4 Å². The monoisotopic (exact) mass is 364 g/mol. The zero-order chi connectivity index (χ0) is 17.0. The van der Waals surface area contributed by atoms with Crippen molar-refractivity contribution in [3.63, 3.8) is 0 Å². The molecule has 0 atom stereocenters. The SMILES string of the molecule is Cn1nc(C(F)(F)F)c(CCCO)c1SCc1ccc(Cl)cc1. The first-order chi connectivity index (χ1) is 10.8. The van der Waals surface area contributed by atoms with Crippen LogP contribution in [0.15, 0.2) is 29.3 Å². The lowest BCUT2D eigenvalue weighted by atomic mass is 10.1. The van der Waals surface area contributed by atoms with Crippen molar-refractivity contribution in [2.45, 2.75) is 29.8 Å². The van der Waals surface area contributed by atoms with E-state index < -0.39 is 11.9 Å². The summed E-state index contributed by atoms with van der Waals surface area (Å²) in [6, 6.07) is 7.16. The van der Waals surface area contributed by atoms with E-state index in [2.05, 4.69) is 5.10 Å². The van der Waals surface area contributed by atoms with Gasteiger partial charge in [0.05, 0.1) is 5.03 Å². The third-order valence-electron chi connectivity index (χ3n) is 3.23. The van der Waals surface area contributed by atoms with E-state index in [9.17, 15) is 13.2 Å². The number of halogens is 4. The molecular weight excluding hydrogens is 349 g/mol. The Bertz CT molecular complexity index is 656. The van der Waals surface area contributed by atoms with E-state index in [0.29, 0.717) is 15.8 Å². The van der Waals surface area contributed by atoms with E-state index in [1.807, 2.05) is 12.1 Å². The first-order valence-corrected chi connectivity index (χ1v) is 8.30. The van der Waals surface area contributed by atoms with Crippen molar-refractivity contribution in [2.24, 2.45) is 7.05 Å². The minimum atomic E-state index is -4.50. The summed E-state index contributed by atoms with van der Waals surface area (Å²) in [5, 5.41) is 13.6. The van der Waals surface area contributed by atoms with E-state index in [-0.39, 0.29) is 25.0 Å². The fraction of sp³-hybridized carbons (Fsp3) is 0.400. The van der Waals surface area contributed by atoms with Crippen molar-refractivity contribution in [3.05, 3.63) is 46.1 Å². The quantitative estimate of drug-likeness (QED) is 0.776. The number of aromatic nitrogens is 2. The maximum atomic E-state index is 13.1. The van der Waals surface area contributed by atoms with E-state index in [1.54, 1.807) is 12.1 Å². The summed E-state index contributed by atoms with van der Waals surface area (Å²) >= 11 is 7.12. The van der Waals surface area contributed by atoms with Gasteiger partial charge in [-0.25, -0.2) is 0 Å². The molecule has 0 bridgehead atoms. The normalized spacial score (nSPS) is 11.9. The van der Waals surface area contributed by atoms with Gasteiger partial charge in [0, 0.05) is 30.0 Å². The van der Waals surface area contributed by atoms with Crippen molar-refractivity contribution in [1.82, 2.24) is 9.78 Å². The van der Waals surface area contributed by atoms with Crippen molar-refractivity contribution in [3.8, 4) is 0 Å². The summed E-state index contributed by atoms with van der Waals surface area (Å²) in [6.07, 6.45) is -4.09. The zero-order valence-electron chi connectivity index (χ0n) is 12.4. The maximum Gasteiger partial charge on any atom is 0.435 e. The number of aryl methyl sites for hydroxylation is 1. The molecule has 0 radical (unpaired) electrons. The van der Waals surface area contributed by atoms with Gasteiger partial charge in [-0.3, -0.25) is 4.68 Å². The molecule has 0 aliphatic carbocycles. The van der Waals surface area contributed by atoms with Crippen molar-refractivity contribution < 1.29 is 18.3 Å². The lowest BCUT2D eigenvalue weighted by Crippen LogP contribution is -2.10. The molecule has 0 fully saturated rings. The second-order valence-electron chi connectivity index (χ2n) is 5.00. The van der Waals surface area contributed by atoms with Gasteiger partial charge in [0.15, 0.2) is 5.69 Å². The Labute approximate surface area is 141 Å². The number of benzene rings is 1. The molecule has 1 aromatic carbocycles. The van der Waals surface area contributed by atoms with Crippen molar-refractivity contribution in [1.29, 1.82) is 0 Å². The predicted octanol–water partition coefficient (Wildman–Crippen LogP) is 4.31. The van der Waals surface area contributed by atoms with Crippen LogP contribution in [0.5, 0.6) is 0 Å². The Morgan fingerprint density at radius 1 is 1.26 bits per heavy atom. The average Bonchev–Trinajstić information content (AvgIpc) is 2.81. The van der Waals surface area contributed by atoms with Crippen LogP contribution in [0.25, 0.3) is 0 Å². The fourth-order valence-corrected chi connectivity index (χ4v) is 3.40. The molecule has 0 aliphatic heterocycles. The molecule has 1 N–H and O–H groups in total. The minimum Gasteiger partial charge on any atom is -0.396 e. The molecule has 0 unspecified atom stereocenters. The summed E-state index contributed by atoms with van der Waals surface area (Å²) in [4.78, 5) is 0. The standard InChI is InChI=1S/C15H16ClF3N2OS/c1-21-14(23-9-10-4-6-11(16)7-5-10)12(3-2-8-22)13(20-21)15(17,18)19/h4-7,22H,2-3,8-9H2,1H3. The molecule has 1 heterocycles. The second kappa shape index (κ2) is 7.59. The summed E-state index contributed by atoms with van der Waals surface area (Å²) < 4.78 is 40.6. The van der Waals surface area contributed by atoms with Gasteiger partial charge in [0.2, 0.25) is 0 Å². The highest BCUT2D eigenvalue weighted by molar-refractivity contribution is 7.98. The third kappa shape index (κ3) is 4.65. The van der Waals surface area contributed by atoms with E-state index in [4.69, 9.17) is 16.7 Å². The highest BCUT2D eigenvalue weighted by Gasteiger charge is 2.38. The first kappa shape index (κ1) is 18.2. The molecule has 2 aromatic rings. The predicted molar refractivity (Wildman–Crippen MR) is 84.6 cm³/mol. The van der Waals surface area contributed by atoms with Gasteiger partial charge in [-0.1, -0.05) is 23.7 Å². The lowest BCUT2D eigenvalue weighted by Gasteiger charge is -2.08. The molecule has 3 nitrogen and oxygen atoms in total. The van der Waals surface area contributed by atoms with Gasteiger partial charge in [0.1, 0.15) is 0 Å². The van der Waals surface area contributed by atoms with E-state index >= 15 is 0 Å². The number of aliphatic hydroxyl groups is 1. The maximum absolute atomic E-state index is 13.1. The molecule has 0 saturated carbocycles. The molecule has 0 saturated heterocycles. The molecule has 126 valence electrons. The first-order valence-electron chi connectivity index (χ1n) is 6.94. The van der Waals surface area contributed by atoms with Crippen molar-refractivity contribution >= 4 is 23.4 Å². The van der Waals surface area contributed by atoms with Crippen LogP contribution < -0.4 is 0 Å². The fourth-order valence-electron chi connectivity index (χ4n) is 2.17. The largest absolute Gasteiger partial charge is 0.435 e. The summed E-state index contributed by atoms with van der Waals surface area (Å²) in [5.74, 6) is 0.514. The molecule has 2 rings (SSSR count). The van der Waals surface area contributed by atoms with Crippen LogP contribution in [0.3, 0.4) is 0 Å². The Morgan fingerprint density at radius 3 is 2.48 bits per heavy atom. The van der Waals surface area contributed by atoms with Crippen molar-refractivity contribution in [2.75, 3.05) is 6.61 Å². The number of hydrogen-bond acceptors (Lipinski definition) is 3. The number of alkyl halides is 3. The third-order valence-corrected chi connectivity index (χ3v) is 4.74. The molecular formula is C15H16ClF3N2OS. The van der Waals surface area contributed by atoms with Crippen LogP contribution in [0, 0.1) is 0 Å². The summed E-state index contributed by atoms with van der Waals surface area (Å²) in [6.45, 7) is -0.159. The number of nitrogens with zero attached hydrogens (tertiary/aromatic N) is 2. The summed E-state index contributed by atoms with van der Waals surface area (Å²) in [5.41, 5.74) is 0.238. The number of thioether (sulfide) groups is 1. The number of rotatable bonds is 6. The smallest absolute Gasteiger partial charge is 0.396 e. The highest BCUT2D eigenvalue weighted by Crippen LogP contribution is 2.37. The molecule has 1 aromatic heterocycles. The van der Waals surface area contributed by atoms with Crippen LogP contribution in [0.2, 0.25) is 5.02 Å². The van der Waals surface area contributed by atoms with Crippen LogP contribution in [-0.4, -0.2) is 21.5 Å². The second-order valence-corrected chi connectivity index (χ2v) is 6.40. The molecule has 0 aliphatic rings. The highest BCUT2D eigenvalue weighted by atomic mass is 35.5. The van der Waals surface area contributed by atoms with Gasteiger partial charge in [-0.05, 0) is 30.5 Å². The number of aliphatic hydroxyl groups excluding tert-OH is 1. The van der Waals surface area contributed by atoms with E-state index in [1.165, 1.54) is 23.5 Å². The molecule has 23 heavy (non-hydrogen) atoms. The van der Waals surface area contributed by atoms with Crippen LogP contribution in [-0.2, 0) is 25.4 Å². The van der Waals surface area contributed by atoms with Crippen LogP contribution in [0.4, 0.5) is 13.2 Å². The molecule has 0 spiro atoms. The van der Waals surface area contributed by atoms with Gasteiger partial charge < -0.3 is 5.11 Å². The van der Waals surface area contributed by atoms with E-state index in [0.717, 1.165) is 5.56 Å². The Morgan fingerprint density at radius 2 is 1.91 bits per heavy atom.